The minimum atomic E-state index is -0.177. The second-order valence-corrected chi connectivity index (χ2v) is 6.97. The van der Waals surface area contributed by atoms with E-state index in [9.17, 15) is 4.79 Å². The summed E-state index contributed by atoms with van der Waals surface area (Å²) >= 11 is 5.82. The van der Waals surface area contributed by atoms with Gasteiger partial charge in [-0.2, -0.15) is 5.10 Å². The molecule has 144 valence electrons. The normalized spacial score (nSPS) is 14.6. The Balaban J connectivity index is 1.41. The SMILES string of the molecule is O=C(Nc1ccc(Oc2ccc(Cl)cn2)cc1)c1ccnn1C1CCNCC1. The quantitative estimate of drug-likeness (QED) is 0.682. The van der Waals surface area contributed by atoms with Gasteiger partial charge in [0.25, 0.3) is 5.91 Å². The number of hydrogen-bond acceptors (Lipinski definition) is 5. The summed E-state index contributed by atoms with van der Waals surface area (Å²) < 4.78 is 7.49. The second kappa shape index (κ2) is 8.41. The number of ether oxygens (including phenoxy) is 1. The Kier molecular flexibility index (Phi) is 5.55. The molecule has 0 radical (unpaired) electrons. The highest BCUT2D eigenvalue weighted by molar-refractivity contribution is 6.30. The van der Waals surface area contributed by atoms with E-state index in [1.54, 1.807) is 48.7 Å². The molecule has 0 atom stereocenters. The zero-order chi connectivity index (χ0) is 19.3. The van der Waals surface area contributed by atoms with Crippen LogP contribution in [0.25, 0.3) is 0 Å². The minimum absolute atomic E-state index is 0.177. The van der Waals surface area contributed by atoms with Crippen LogP contribution in [0.5, 0.6) is 11.6 Å². The van der Waals surface area contributed by atoms with Crippen LogP contribution in [0.15, 0.2) is 54.9 Å². The molecule has 3 aromatic rings. The molecule has 2 aromatic heterocycles. The van der Waals surface area contributed by atoms with E-state index >= 15 is 0 Å². The third-order valence-electron chi connectivity index (χ3n) is 4.59. The number of anilines is 1. The Labute approximate surface area is 167 Å². The van der Waals surface area contributed by atoms with E-state index in [1.165, 1.54) is 6.20 Å². The van der Waals surface area contributed by atoms with Crippen LogP contribution < -0.4 is 15.4 Å². The van der Waals surface area contributed by atoms with Gasteiger partial charge in [0.2, 0.25) is 5.88 Å². The molecule has 1 saturated heterocycles. The predicted molar refractivity (Wildman–Crippen MR) is 107 cm³/mol. The molecule has 8 heteroatoms. The van der Waals surface area contributed by atoms with E-state index in [2.05, 4.69) is 20.7 Å². The summed E-state index contributed by atoms with van der Waals surface area (Å²) in [7, 11) is 0. The van der Waals surface area contributed by atoms with Gasteiger partial charge in [-0.05, 0) is 62.3 Å². The van der Waals surface area contributed by atoms with Gasteiger partial charge in [-0.1, -0.05) is 11.6 Å². The molecule has 0 aliphatic carbocycles. The molecule has 1 aromatic carbocycles. The summed E-state index contributed by atoms with van der Waals surface area (Å²) in [6.07, 6.45) is 5.13. The number of pyridine rings is 1. The Bertz CT molecular complexity index is 934. The number of piperidine rings is 1. The van der Waals surface area contributed by atoms with Gasteiger partial charge >= 0.3 is 0 Å². The number of benzene rings is 1. The maximum absolute atomic E-state index is 12.7. The Morgan fingerprint density at radius 1 is 1.14 bits per heavy atom. The molecule has 28 heavy (non-hydrogen) atoms. The smallest absolute Gasteiger partial charge is 0.273 e. The van der Waals surface area contributed by atoms with Gasteiger partial charge in [-0.25, -0.2) is 4.98 Å². The molecule has 0 unspecified atom stereocenters. The summed E-state index contributed by atoms with van der Waals surface area (Å²) in [5.74, 6) is 0.892. The number of carbonyl (C=O) groups excluding carboxylic acids is 1. The summed E-state index contributed by atoms with van der Waals surface area (Å²) in [4.78, 5) is 16.8. The predicted octanol–water partition coefficient (Wildman–Crippen LogP) is 3.90. The molecule has 1 amide bonds. The molecule has 2 N–H and O–H groups in total. The highest BCUT2D eigenvalue weighted by atomic mass is 35.5. The molecule has 7 nitrogen and oxygen atoms in total. The standard InChI is InChI=1S/C20H20ClN5O2/c21-14-1-6-19(23-13-14)28-17-4-2-15(3-5-17)25-20(27)18-9-12-24-26(18)16-7-10-22-11-8-16/h1-6,9,12-13,16,22H,7-8,10-11H2,(H,25,27). The molecule has 0 bridgehead atoms. The third-order valence-corrected chi connectivity index (χ3v) is 4.82. The van der Waals surface area contributed by atoms with Crippen LogP contribution in [-0.4, -0.2) is 33.8 Å². The Morgan fingerprint density at radius 2 is 1.93 bits per heavy atom. The maximum Gasteiger partial charge on any atom is 0.273 e. The Morgan fingerprint density at radius 3 is 2.64 bits per heavy atom. The van der Waals surface area contributed by atoms with Gasteiger partial charge in [-0.15, -0.1) is 0 Å². The first-order valence-corrected chi connectivity index (χ1v) is 9.52. The number of carbonyl (C=O) groups is 1. The molecular weight excluding hydrogens is 378 g/mol. The van der Waals surface area contributed by atoms with Crippen LogP contribution in [0, 0.1) is 0 Å². The first-order chi connectivity index (χ1) is 13.7. The minimum Gasteiger partial charge on any atom is -0.439 e. The summed E-state index contributed by atoms with van der Waals surface area (Å²) in [6, 6.07) is 12.5. The average Bonchev–Trinajstić information content (AvgIpc) is 3.22. The molecular formula is C20H20ClN5O2. The fraction of sp³-hybridized carbons (Fsp3) is 0.250. The fourth-order valence-corrected chi connectivity index (χ4v) is 3.29. The zero-order valence-electron chi connectivity index (χ0n) is 15.1. The molecule has 3 heterocycles. The van der Waals surface area contributed by atoms with Gasteiger partial charge in [0.05, 0.1) is 11.1 Å². The largest absolute Gasteiger partial charge is 0.439 e. The molecule has 0 saturated carbocycles. The summed E-state index contributed by atoms with van der Waals surface area (Å²) in [5, 5.41) is 11.2. The first kappa shape index (κ1) is 18.5. The average molecular weight is 398 g/mol. The zero-order valence-corrected chi connectivity index (χ0v) is 15.9. The number of aromatic nitrogens is 3. The van der Waals surface area contributed by atoms with Crippen molar-refractivity contribution in [2.75, 3.05) is 18.4 Å². The van der Waals surface area contributed by atoms with Crippen LogP contribution in [0.3, 0.4) is 0 Å². The molecule has 0 spiro atoms. The fourth-order valence-electron chi connectivity index (χ4n) is 3.18. The number of nitrogens with one attached hydrogen (secondary N) is 2. The van der Waals surface area contributed by atoms with Crippen molar-refractivity contribution in [1.82, 2.24) is 20.1 Å². The van der Waals surface area contributed by atoms with Gasteiger partial charge in [0, 0.05) is 24.1 Å². The van der Waals surface area contributed by atoms with Crippen molar-refractivity contribution in [3.63, 3.8) is 0 Å². The van der Waals surface area contributed by atoms with E-state index < -0.39 is 0 Å². The van der Waals surface area contributed by atoms with Gasteiger partial charge in [-0.3, -0.25) is 9.48 Å². The van der Waals surface area contributed by atoms with E-state index in [0.29, 0.717) is 28.0 Å². The van der Waals surface area contributed by atoms with Crippen molar-refractivity contribution in [3.8, 4) is 11.6 Å². The molecule has 1 fully saturated rings. The lowest BCUT2D eigenvalue weighted by atomic mass is 10.1. The van der Waals surface area contributed by atoms with Gasteiger partial charge in [0.1, 0.15) is 11.4 Å². The summed E-state index contributed by atoms with van der Waals surface area (Å²) in [5.41, 5.74) is 1.25. The summed E-state index contributed by atoms with van der Waals surface area (Å²) in [6.45, 7) is 1.88. The lowest BCUT2D eigenvalue weighted by Crippen LogP contribution is -2.31. The topological polar surface area (TPSA) is 81.1 Å². The van der Waals surface area contributed by atoms with Crippen molar-refractivity contribution >= 4 is 23.2 Å². The van der Waals surface area contributed by atoms with Crippen molar-refractivity contribution < 1.29 is 9.53 Å². The van der Waals surface area contributed by atoms with Crippen molar-refractivity contribution in [2.45, 2.75) is 18.9 Å². The van der Waals surface area contributed by atoms with Gasteiger partial charge < -0.3 is 15.4 Å². The highest BCUT2D eigenvalue weighted by Crippen LogP contribution is 2.23. The maximum atomic E-state index is 12.7. The molecule has 4 rings (SSSR count). The molecule has 1 aliphatic rings. The van der Waals surface area contributed by atoms with Crippen LogP contribution in [-0.2, 0) is 0 Å². The Hall–Kier alpha value is -2.90. The van der Waals surface area contributed by atoms with Crippen LogP contribution in [0.4, 0.5) is 5.69 Å². The van der Waals surface area contributed by atoms with Crippen molar-refractivity contribution in [3.05, 3.63) is 65.6 Å². The number of amides is 1. The van der Waals surface area contributed by atoms with Crippen LogP contribution in [0.2, 0.25) is 5.02 Å². The molecule has 1 aliphatic heterocycles. The van der Waals surface area contributed by atoms with Crippen LogP contribution >= 0.6 is 11.6 Å². The number of rotatable bonds is 5. The van der Waals surface area contributed by atoms with Crippen LogP contribution in [0.1, 0.15) is 29.4 Å². The number of hydrogen-bond donors (Lipinski definition) is 2. The number of nitrogens with zero attached hydrogens (tertiary/aromatic N) is 3. The third kappa shape index (κ3) is 4.32. The van der Waals surface area contributed by atoms with E-state index in [4.69, 9.17) is 16.3 Å². The number of halogens is 1. The monoisotopic (exact) mass is 397 g/mol. The second-order valence-electron chi connectivity index (χ2n) is 6.54. The lowest BCUT2D eigenvalue weighted by Gasteiger charge is -2.24. The lowest BCUT2D eigenvalue weighted by molar-refractivity contribution is 0.101. The van der Waals surface area contributed by atoms with E-state index in [-0.39, 0.29) is 11.9 Å². The van der Waals surface area contributed by atoms with E-state index in [0.717, 1.165) is 25.9 Å². The van der Waals surface area contributed by atoms with Gasteiger partial charge in [0.15, 0.2) is 0 Å². The van der Waals surface area contributed by atoms with Crippen molar-refractivity contribution in [2.24, 2.45) is 0 Å². The van der Waals surface area contributed by atoms with E-state index in [1.807, 2.05) is 4.68 Å². The van der Waals surface area contributed by atoms with Crippen molar-refractivity contribution in [1.29, 1.82) is 0 Å². The first-order valence-electron chi connectivity index (χ1n) is 9.14. The highest BCUT2D eigenvalue weighted by Gasteiger charge is 2.21.